The molecule has 3 unspecified atom stereocenters. The lowest BCUT2D eigenvalue weighted by atomic mass is 9.79. The van der Waals surface area contributed by atoms with Gasteiger partial charge in [-0.15, -0.1) is 0 Å². The highest BCUT2D eigenvalue weighted by Crippen LogP contribution is 2.32. The van der Waals surface area contributed by atoms with Crippen molar-refractivity contribution in [1.29, 1.82) is 0 Å². The summed E-state index contributed by atoms with van der Waals surface area (Å²) in [5.74, 6) is 0.111. The van der Waals surface area contributed by atoms with E-state index >= 15 is 0 Å². The molecular formula is C15H20N2O4. The molecule has 21 heavy (non-hydrogen) atoms. The first-order valence-electron chi connectivity index (χ1n) is 7.16. The number of carboxylic acid groups (broad SMARTS) is 1. The van der Waals surface area contributed by atoms with E-state index in [4.69, 9.17) is 0 Å². The van der Waals surface area contributed by atoms with Crippen LogP contribution in [0.3, 0.4) is 0 Å². The molecule has 0 saturated heterocycles. The maximum absolute atomic E-state index is 11.3. The third-order valence-corrected chi connectivity index (χ3v) is 4.40. The van der Waals surface area contributed by atoms with Crippen LogP contribution in [0.1, 0.15) is 43.5 Å². The second-order valence-electron chi connectivity index (χ2n) is 5.90. The predicted molar refractivity (Wildman–Crippen MR) is 79.6 cm³/mol. The zero-order valence-electron chi connectivity index (χ0n) is 12.2. The number of nitrogens with one attached hydrogen (secondary N) is 1. The average Bonchev–Trinajstić information content (AvgIpc) is 2.43. The van der Waals surface area contributed by atoms with E-state index in [-0.39, 0.29) is 17.3 Å². The fraction of sp³-hybridized carbons (Fsp3) is 0.533. The Morgan fingerprint density at radius 2 is 2.05 bits per heavy atom. The van der Waals surface area contributed by atoms with Gasteiger partial charge >= 0.3 is 5.97 Å². The van der Waals surface area contributed by atoms with Crippen LogP contribution in [0.2, 0.25) is 0 Å². The second-order valence-corrected chi connectivity index (χ2v) is 5.90. The number of non-ortho nitro benzene ring substituents is 1. The van der Waals surface area contributed by atoms with Gasteiger partial charge in [-0.1, -0.05) is 13.8 Å². The number of benzene rings is 1. The quantitative estimate of drug-likeness (QED) is 0.654. The number of anilines is 1. The number of carbonyl (C=O) groups is 1. The van der Waals surface area contributed by atoms with E-state index in [1.807, 2.05) is 0 Å². The largest absolute Gasteiger partial charge is 0.478 e. The van der Waals surface area contributed by atoms with Crippen molar-refractivity contribution < 1.29 is 14.8 Å². The minimum Gasteiger partial charge on any atom is -0.478 e. The number of nitro groups is 1. The topological polar surface area (TPSA) is 92.5 Å². The van der Waals surface area contributed by atoms with Crippen molar-refractivity contribution in [3.63, 3.8) is 0 Å². The number of hydrogen-bond acceptors (Lipinski definition) is 4. The lowest BCUT2D eigenvalue weighted by Crippen LogP contribution is -2.30. The molecule has 3 atom stereocenters. The van der Waals surface area contributed by atoms with E-state index in [1.165, 1.54) is 12.1 Å². The van der Waals surface area contributed by atoms with E-state index in [0.717, 1.165) is 25.3 Å². The molecule has 2 rings (SSSR count). The molecule has 0 spiro atoms. The Labute approximate surface area is 123 Å². The molecule has 114 valence electrons. The average molecular weight is 292 g/mol. The molecule has 6 heteroatoms. The second kappa shape index (κ2) is 6.11. The van der Waals surface area contributed by atoms with Gasteiger partial charge in [-0.05, 0) is 37.2 Å². The Bertz CT molecular complexity index is 559. The summed E-state index contributed by atoms with van der Waals surface area (Å²) in [6.45, 7) is 4.43. The maximum atomic E-state index is 11.3. The molecule has 0 aliphatic heterocycles. The molecule has 1 saturated carbocycles. The zero-order valence-corrected chi connectivity index (χ0v) is 12.2. The van der Waals surface area contributed by atoms with Gasteiger partial charge in [0.25, 0.3) is 5.69 Å². The van der Waals surface area contributed by atoms with Crippen molar-refractivity contribution in [3.05, 3.63) is 33.9 Å². The minimum absolute atomic E-state index is 0.0459. The summed E-state index contributed by atoms with van der Waals surface area (Å²) in [7, 11) is 0. The first-order valence-corrected chi connectivity index (χ1v) is 7.16. The molecule has 2 N–H and O–H groups in total. The zero-order chi connectivity index (χ0) is 15.6. The summed E-state index contributed by atoms with van der Waals surface area (Å²) in [5, 5.41) is 23.2. The van der Waals surface area contributed by atoms with Crippen LogP contribution in [0.25, 0.3) is 0 Å². The molecule has 1 fully saturated rings. The van der Waals surface area contributed by atoms with Gasteiger partial charge in [0.1, 0.15) is 0 Å². The molecule has 1 aromatic carbocycles. The number of nitro benzene ring substituents is 1. The van der Waals surface area contributed by atoms with Crippen molar-refractivity contribution in [2.24, 2.45) is 11.8 Å². The van der Waals surface area contributed by atoms with Gasteiger partial charge in [0.05, 0.1) is 10.5 Å². The molecule has 0 radical (unpaired) electrons. The number of nitrogens with zero attached hydrogens (tertiary/aromatic N) is 1. The summed E-state index contributed by atoms with van der Waals surface area (Å²) >= 11 is 0. The highest BCUT2D eigenvalue weighted by atomic mass is 16.6. The van der Waals surface area contributed by atoms with Crippen LogP contribution in [0.15, 0.2) is 18.2 Å². The molecule has 0 amide bonds. The normalized spacial score (nSPS) is 25.3. The van der Waals surface area contributed by atoms with Crippen LogP contribution in [0.5, 0.6) is 0 Å². The van der Waals surface area contributed by atoms with Crippen LogP contribution >= 0.6 is 0 Å². The van der Waals surface area contributed by atoms with Crippen molar-refractivity contribution in [3.8, 4) is 0 Å². The van der Waals surface area contributed by atoms with Crippen LogP contribution in [-0.2, 0) is 0 Å². The van der Waals surface area contributed by atoms with Crippen molar-refractivity contribution in [1.82, 2.24) is 0 Å². The summed E-state index contributed by atoms with van der Waals surface area (Å²) in [5.41, 5.74) is 0.207. The molecule has 0 bridgehead atoms. The predicted octanol–water partition coefficient (Wildman–Crippen LogP) is 3.53. The van der Waals surface area contributed by atoms with E-state index in [9.17, 15) is 20.0 Å². The molecule has 0 heterocycles. The van der Waals surface area contributed by atoms with E-state index in [1.54, 1.807) is 0 Å². The molecule has 0 aromatic heterocycles. The Kier molecular flexibility index (Phi) is 4.45. The first-order chi connectivity index (χ1) is 9.88. The van der Waals surface area contributed by atoms with Gasteiger partial charge in [-0.25, -0.2) is 4.79 Å². The van der Waals surface area contributed by atoms with Gasteiger partial charge in [0.2, 0.25) is 0 Å². The summed E-state index contributed by atoms with van der Waals surface area (Å²) in [6, 6.07) is 4.16. The number of aromatic carboxylic acids is 1. The fourth-order valence-electron chi connectivity index (χ4n) is 2.85. The monoisotopic (exact) mass is 292 g/mol. The van der Waals surface area contributed by atoms with Crippen molar-refractivity contribution >= 4 is 17.3 Å². The summed E-state index contributed by atoms with van der Waals surface area (Å²) in [4.78, 5) is 21.5. The van der Waals surface area contributed by atoms with Crippen molar-refractivity contribution in [2.45, 2.75) is 39.2 Å². The van der Waals surface area contributed by atoms with Crippen LogP contribution in [0.4, 0.5) is 11.4 Å². The fourth-order valence-corrected chi connectivity index (χ4v) is 2.85. The van der Waals surface area contributed by atoms with Crippen LogP contribution in [0, 0.1) is 22.0 Å². The molecule has 1 aliphatic carbocycles. The van der Waals surface area contributed by atoms with Gasteiger partial charge in [-0.3, -0.25) is 10.1 Å². The lowest BCUT2D eigenvalue weighted by molar-refractivity contribution is -0.384. The molecular weight excluding hydrogens is 272 g/mol. The van der Waals surface area contributed by atoms with Crippen LogP contribution in [-0.4, -0.2) is 22.0 Å². The standard InChI is InChI=1S/C15H20N2O4/c1-9-3-4-11(7-10(9)2)16-14-6-5-12(17(20)21)8-13(14)15(18)19/h5-6,8-11,16H,3-4,7H2,1-2H3,(H,18,19). The molecule has 1 aliphatic rings. The Morgan fingerprint density at radius 1 is 1.33 bits per heavy atom. The summed E-state index contributed by atoms with van der Waals surface area (Å²) < 4.78 is 0. The highest BCUT2D eigenvalue weighted by Gasteiger charge is 2.26. The van der Waals surface area contributed by atoms with Gasteiger partial charge in [-0.2, -0.15) is 0 Å². The minimum atomic E-state index is -1.15. The third-order valence-electron chi connectivity index (χ3n) is 4.40. The van der Waals surface area contributed by atoms with Crippen molar-refractivity contribution in [2.75, 3.05) is 5.32 Å². The first kappa shape index (κ1) is 15.3. The van der Waals surface area contributed by atoms with Gasteiger partial charge < -0.3 is 10.4 Å². The van der Waals surface area contributed by atoms with E-state index < -0.39 is 10.9 Å². The Hall–Kier alpha value is -2.11. The van der Waals surface area contributed by atoms with Gasteiger partial charge in [0.15, 0.2) is 0 Å². The van der Waals surface area contributed by atoms with Gasteiger partial charge in [0, 0.05) is 23.9 Å². The lowest BCUT2D eigenvalue weighted by Gasteiger charge is -2.33. The number of rotatable bonds is 4. The number of hydrogen-bond donors (Lipinski definition) is 2. The maximum Gasteiger partial charge on any atom is 0.338 e. The third kappa shape index (κ3) is 3.51. The SMILES string of the molecule is CC1CCC(Nc2ccc([N+](=O)[O-])cc2C(=O)O)CC1C. The van der Waals surface area contributed by atoms with Crippen LogP contribution < -0.4 is 5.32 Å². The Balaban J connectivity index is 2.19. The van der Waals surface area contributed by atoms with E-state index in [2.05, 4.69) is 19.2 Å². The summed E-state index contributed by atoms with van der Waals surface area (Å²) in [6.07, 6.45) is 3.08. The Morgan fingerprint density at radius 3 is 2.62 bits per heavy atom. The molecule has 6 nitrogen and oxygen atoms in total. The smallest absolute Gasteiger partial charge is 0.338 e. The number of carboxylic acids is 1. The highest BCUT2D eigenvalue weighted by molar-refractivity contribution is 5.95. The van der Waals surface area contributed by atoms with E-state index in [0.29, 0.717) is 17.5 Å². The molecule has 1 aromatic rings.